The first-order valence-electron chi connectivity index (χ1n) is 19.1. The van der Waals surface area contributed by atoms with Crippen molar-refractivity contribution < 1.29 is 9.53 Å². The van der Waals surface area contributed by atoms with Crippen LogP contribution in [0.5, 0.6) is 0 Å². The lowest BCUT2D eigenvalue weighted by Crippen LogP contribution is -2.50. The lowest BCUT2D eigenvalue weighted by molar-refractivity contribution is -0.139. The fraction of sp³-hybridized carbons (Fsp3) is 0.878. The van der Waals surface area contributed by atoms with Gasteiger partial charge in [0, 0.05) is 5.57 Å². The largest absolute Gasteiger partial charge is 0.462 e. The highest BCUT2D eigenvalue weighted by molar-refractivity contribution is 5.86. The van der Waals surface area contributed by atoms with Crippen LogP contribution < -0.4 is 0 Å². The van der Waals surface area contributed by atoms with Gasteiger partial charge in [-0.2, -0.15) is 0 Å². The first-order chi connectivity index (χ1) is 20.6. The molecule has 4 aliphatic rings. The highest BCUT2D eigenvalue weighted by Crippen LogP contribution is 2.67. The molecule has 0 N–H and O–H groups in total. The van der Waals surface area contributed by atoms with Crippen LogP contribution in [-0.4, -0.2) is 12.6 Å². The summed E-state index contributed by atoms with van der Waals surface area (Å²) in [5, 5.41) is 0. The van der Waals surface area contributed by atoms with Gasteiger partial charge in [0.1, 0.15) is 0 Å². The fourth-order valence-corrected chi connectivity index (χ4v) is 10.9. The van der Waals surface area contributed by atoms with Crippen LogP contribution in [0.1, 0.15) is 170 Å². The molecule has 0 aromatic heterocycles. The summed E-state index contributed by atoms with van der Waals surface area (Å²) in [6.07, 6.45) is 30.7. The molecule has 0 spiro atoms. The normalized spacial score (nSPS) is 34.2. The minimum Gasteiger partial charge on any atom is -0.462 e. The van der Waals surface area contributed by atoms with Crippen molar-refractivity contribution in [3.05, 3.63) is 23.8 Å². The van der Waals surface area contributed by atoms with Gasteiger partial charge >= 0.3 is 5.97 Å². The van der Waals surface area contributed by atoms with Gasteiger partial charge in [-0.25, -0.2) is 4.79 Å². The third-order valence-electron chi connectivity index (χ3n) is 13.5. The Bertz CT molecular complexity index is 930. The van der Waals surface area contributed by atoms with Crippen molar-refractivity contribution in [2.75, 3.05) is 6.61 Å². The van der Waals surface area contributed by atoms with E-state index in [2.05, 4.69) is 47.3 Å². The van der Waals surface area contributed by atoms with Crippen molar-refractivity contribution in [1.82, 2.24) is 0 Å². The molecule has 3 fully saturated rings. The van der Waals surface area contributed by atoms with Gasteiger partial charge in [-0.15, -0.1) is 0 Å². The lowest BCUT2D eigenvalue weighted by atomic mass is 9.46. The Morgan fingerprint density at radius 3 is 2.28 bits per heavy atom. The highest BCUT2D eigenvalue weighted by Gasteiger charge is 2.59. The van der Waals surface area contributed by atoms with Gasteiger partial charge in [-0.05, 0) is 117 Å². The fourth-order valence-electron chi connectivity index (χ4n) is 10.9. The van der Waals surface area contributed by atoms with Crippen LogP contribution in [0.15, 0.2) is 23.8 Å². The molecule has 0 heterocycles. The summed E-state index contributed by atoms with van der Waals surface area (Å²) in [5.41, 5.74) is 3.50. The minimum atomic E-state index is -0.247. The van der Waals surface area contributed by atoms with Crippen molar-refractivity contribution in [2.24, 2.45) is 52.3 Å². The van der Waals surface area contributed by atoms with Crippen LogP contribution in [0.3, 0.4) is 0 Å². The molecule has 3 saturated carbocycles. The number of allylic oxidation sites excluding steroid dienone is 2. The summed E-state index contributed by atoms with van der Waals surface area (Å²) < 4.78 is 5.19. The number of hydrogen-bond acceptors (Lipinski definition) is 2. The molecule has 0 aromatic carbocycles. The monoisotopic (exact) mass is 595 g/mol. The summed E-state index contributed by atoms with van der Waals surface area (Å²) in [6, 6.07) is 0. The van der Waals surface area contributed by atoms with Crippen LogP contribution in [0.25, 0.3) is 0 Å². The second-order valence-electron chi connectivity index (χ2n) is 16.9. The van der Waals surface area contributed by atoms with Gasteiger partial charge in [0.2, 0.25) is 0 Å². The van der Waals surface area contributed by atoms with Gasteiger partial charge in [0.25, 0.3) is 0 Å². The average molecular weight is 595 g/mol. The Morgan fingerprint density at radius 1 is 0.884 bits per heavy atom. The number of ether oxygens (including phenoxy) is 1. The number of esters is 1. The molecule has 0 bridgehead atoms. The number of rotatable bonds is 17. The molecule has 0 aliphatic heterocycles. The zero-order chi connectivity index (χ0) is 31.0. The van der Waals surface area contributed by atoms with E-state index in [9.17, 15) is 4.79 Å². The summed E-state index contributed by atoms with van der Waals surface area (Å²) in [4.78, 5) is 11.4. The van der Waals surface area contributed by atoms with Crippen molar-refractivity contribution in [1.29, 1.82) is 0 Å². The van der Waals surface area contributed by atoms with E-state index >= 15 is 0 Å². The standard InChI is InChI=1S/C41H70O2/c1-30(2)17-16-18-32(5)36-22-23-37-35-21-20-34-29-33(24-26-40(34,6)38(35)25-27-41(36,37)7)19-14-12-10-8-9-11-13-15-28-43-39(42)31(3)4/h20,30,32-33,35-38H,3,8-19,21-29H2,1-2,4-7H3/t32-,33+,35+,36-,37+,38+,40+,41-/m1/s1. The van der Waals surface area contributed by atoms with Crippen LogP contribution in [0.4, 0.5) is 0 Å². The number of unbranched alkanes of at least 4 members (excludes halogenated alkanes) is 7. The molecule has 4 rings (SSSR count). The topological polar surface area (TPSA) is 26.3 Å². The Kier molecular flexibility index (Phi) is 12.9. The minimum absolute atomic E-state index is 0.247. The number of carbonyl (C=O) groups is 1. The highest BCUT2D eigenvalue weighted by atomic mass is 16.5. The molecule has 0 saturated heterocycles. The Morgan fingerprint density at radius 2 is 1.58 bits per heavy atom. The zero-order valence-electron chi connectivity index (χ0n) is 29.5. The van der Waals surface area contributed by atoms with E-state index in [1.807, 2.05) is 5.57 Å². The number of fused-ring (bicyclic) bond motifs is 5. The Balaban J connectivity index is 1.15. The van der Waals surface area contributed by atoms with Crippen LogP contribution in [0.2, 0.25) is 0 Å². The van der Waals surface area contributed by atoms with Crippen LogP contribution in [-0.2, 0) is 9.53 Å². The van der Waals surface area contributed by atoms with E-state index in [4.69, 9.17) is 4.74 Å². The predicted octanol–water partition coefficient (Wildman–Crippen LogP) is 12.3. The summed E-state index contributed by atoms with van der Waals surface area (Å²) in [5.74, 6) is 6.33. The second-order valence-corrected chi connectivity index (χ2v) is 16.9. The lowest BCUT2D eigenvalue weighted by Gasteiger charge is -2.58. The molecule has 43 heavy (non-hydrogen) atoms. The first kappa shape index (κ1) is 34.8. The maximum absolute atomic E-state index is 11.4. The Hall–Kier alpha value is -1.05. The van der Waals surface area contributed by atoms with Gasteiger partial charge in [-0.1, -0.05) is 123 Å². The second kappa shape index (κ2) is 16.0. The average Bonchev–Trinajstić information content (AvgIpc) is 3.32. The Labute approximate surface area is 267 Å². The van der Waals surface area contributed by atoms with E-state index in [1.165, 1.54) is 122 Å². The summed E-state index contributed by atoms with van der Waals surface area (Å²) >= 11 is 0. The summed E-state index contributed by atoms with van der Waals surface area (Å²) in [7, 11) is 0. The maximum Gasteiger partial charge on any atom is 0.333 e. The molecule has 0 unspecified atom stereocenters. The third-order valence-corrected chi connectivity index (χ3v) is 13.5. The molecule has 2 heteroatoms. The number of carbonyl (C=O) groups excluding carboxylic acids is 1. The predicted molar refractivity (Wildman–Crippen MR) is 184 cm³/mol. The number of hydrogen-bond donors (Lipinski definition) is 0. The van der Waals surface area contributed by atoms with E-state index in [1.54, 1.807) is 6.92 Å². The molecule has 4 aliphatic carbocycles. The van der Waals surface area contributed by atoms with Crippen molar-refractivity contribution in [2.45, 2.75) is 170 Å². The molecule has 0 aromatic rings. The molecule has 2 nitrogen and oxygen atoms in total. The smallest absolute Gasteiger partial charge is 0.333 e. The van der Waals surface area contributed by atoms with Crippen molar-refractivity contribution in [3.8, 4) is 0 Å². The molecule has 246 valence electrons. The van der Waals surface area contributed by atoms with E-state index in [0.29, 0.717) is 23.0 Å². The van der Waals surface area contributed by atoms with E-state index < -0.39 is 0 Å². The van der Waals surface area contributed by atoms with E-state index in [-0.39, 0.29) is 5.97 Å². The molecular weight excluding hydrogens is 524 g/mol. The van der Waals surface area contributed by atoms with Crippen molar-refractivity contribution in [3.63, 3.8) is 0 Å². The van der Waals surface area contributed by atoms with Gasteiger partial charge in [0.05, 0.1) is 6.61 Å². The third kappa shape index (κ3) is 8.61. The SMILES string of the molecule is C=C(C)C(=O)OCCCCCCCCCC[C@H]1CC[C@@]2(C)C(=CC[C@H]3[C@@H]4CC[C@H]([C@H](C)CCCC(C)C)[C@@]4(C)CC[C@@H]32)C1. The van der Waals surface area contributed by atoms with Gasteiger partial charge in [-0.3, -0.25) is 0 Å². The van der Waals surface area contributed by atoms with Crippen LogP contribution >= 0.6 is 0 Å². The zero-order valence-corrected chi connectivity index (χ0v) is 29.5. The molecule has 8 atom stereocenters. The van der Waals surface area contributed by atoms with Gasteiger partial charge in [0.15, 0.2) is 0 Å². The van der Waals surface area contributed by atoms with Gasteiger partial charge < -0.3 is 4.74 Å². The van der Waals surface area contributed by atoms with Crippen LogP contribution in [0, 0.1) is 52.3 Å². The first-order valence-corrected chi connectivity index (χ1v) is 19.1. The molecule has 0 amide bonds. The quantitative estimate of drug-likeness (QED) is 0.0724. The molecule has 0 radical (unpaired) electrons. The summed E-state index contributed by atoms with van der Waals surface area (Å²) in [6.45, 7) is 18.7. The van der Waals surface area contributed by atoms with E-state index in [0.717, 1.165) is 47.8 Å². The molecular formula is C41H70O2. The maximum atomic E-state index is 11.4. The van der Waals surface area contributed by atoms with Crippen molar-refractivity contribution >= 4 is 5.97 Å².